The molecule has 4 rings (SSSR count). The van der Waals surface area contributed by atoms with E-state index in [1.54, 1.807) is 36.4 Å². The minimum absolute atomic E-state index is 0.0140. The maximum Gasteiger partial charge on any atom is 0.285 e. The smallest absolute Gasteiger partial charge is 0.285 e. The molecular weight excluding hydrogens is 564 g/mol. The molecule has 0 unspecified atom stereocenters. The molecule has 0 spiro atoms. The molecule has 0 aliphatic carbocycles. The second-order valence-corrected chi connectivity index (χ2v) is 10.7. The van der Waals surface area contributed by atoms with Crippen molar-refractivity contribution in [3.63, 3.8) is 0 Å². The largest absolute Gasteiger partial charge is 0.497 e. The molecule has 0 radical (unpaired) electrons. The maximum atomic E-state index is 13.7. The van der Waals surface area contributed by atoms with E-state index in [-0.39, 0.29) is 27.9 Å². The van der Waals surface area contributed by atoms with Crippen LogP contribution in [0.3, 0.4) is 0 Å². The number of carbonyl (C=O) groups is 1. The summed E-state index contributed by atoms with van der Waals surface area (Å²) in [6, 6.07) is 16.0. The van der Waals surface area contributed by atoms with Gasteiger partial charge >= 0.3 is 0 Å². The molecule has 0 aliphatic heterocycles. The molecular formula is C25H23BrN4O6S. The summed E-state index contributed by atoms with van der Waals surface area (Å²) in [5.41, 5.74) is 1.64. The molecule has 0 atom stereocenters. The zero-order chi connectivity index (χ0) is 26.7. The Balaban J connectivity index is 1.74. The number of fused-ring (bicyclic) bond motifs is 1. The third-order valence-corrected chi connectivity index (χ3v) is 7.79. The topological polar surface area (TPSA) is 134 Å². The molecule has 192 valence electrons. The van der Waals surface area contributed by atoms with Gasteiger partial charge in [-0.15, -0.1) is 10.2 Å². The summed E-state index contributed by atoms with van der Waals surface area (Å²) in [5, 5.41) is 18.4. The van der Waals surface area contributed by atoms with E-state index in [0.29, 0.717) is 16.7 Å². The van der Waals surface area contributed by atoms with Crippen molar-refractivity contribution in [1.29, 1.82) is 0 Å². The molecule has 3 aromatic carbocycles. The number of nitrogens with one attached hydrogen (secondary N) is 1. The number of nitrogens with zero attached hydrogens (tertiary/aromatic N) is 3. The first-order chi connectivity index (χ1) is 17.6. The fourth-order valence-corrected chi connectivity index (χ4v) is 5.41. The van der Waals surface area contributed by atoms with Crippen LogP contribution in [0.5, 0.6) is 17.4 Å². The van der Waals surface area contributed by atoms with Crippen LogP contribution in [-0.4, -0.2) is 45.2 Å². The van der Waals surface area contributed by atoms with Gasteiger partial charge in [-0.3, -0.25) is 9.10 Å². The Morgan fingerprint density at radius 2 is 1.78 bits per heavy atom. The van der Waals surface area contributed by atoms with E-state index >= 15 is 0 Å². The van der Waals surface area contributed by atoms with Crippen molar-refractivity contribution >= 4 is 54.1 Å². The highest BCUT2D eigenvalue weighted by Crippen LogP contribution is 2.38. The number of ether oxygens (including phenoxy) is 2. The number of H-pyrrole nitrogens is 1. The average Bonchev–Trinajstić information content (AvgIpc) is 3.19. The summed E-state index contributed by atoms with van der Waals surface area (Å²) in [4.78, 5) is 15.7. The van der Waals surface area contributed by atoms with Crippen molar-refractivity contribution in [3.8, 4) is 17.4 Å². The van der Waals surface area contributed by atoms with Gasteiger partial charge in [0, 0.05) is 15.9 Å². The zero-order valence-electron chi connectivity index (χ0n) is 20.1. The summed E-state index contributed by atoms with van der Waals surface area (Å²) >= 11 is 3.36. The standard InChI is InChI=1S/C25H23BrN4O6S/c1-15-4-8-18(9-5-15)37(33,34)30(21-11-7-17(35-2)13-22(21)36-3)14-23(31)28-29-24-19-12-16(26)6-10-20(19)27-25(24)32/h4-13,27,32H,14H2,1-3H3. The van der Waals surface area contributed by atoms with Crippen LogP contribution >= 0.6 is 15.9 Å². The number of benzene rings is 3. The fraction of sp³-hybridized carbons (Fsp3) is 0.160. The number of aryl methyl sites for hydroxylation is 1. The van der Waals surface area contributed by atoms with Crippen LogP contribution in [0.1, 0.15) is 5.56 Å². The number of aromatic nitrogens is 1. The molecule has 1 aromatic heterocycles. The lowest BCUT2D eigenvalue weighted by molar-refractivity contribution is -0.116. The first-order valence-electron chi connectivity index (χ1n) is 10.9. The van der Waals surface area contributed by atoms with Gasteiger partial charge in [0.25, 0.3) is 15.9 Å². The predicted molar refractivity (Wildman–Crippen MR) is 142 cm³/mol. The minimum Gasteiger partial charge on any atom is -0.497 e. The van der Waals surface area contributed by atoms with E-state index in [4.69, 9.17) is 9.47 Å². The van der Waals surface area contributed by atoms with E-state index in [1.165, 1.54) is 38.5 Å². The molecule has 10 nitrogen and oxygen atoms in total. The summed E-state index contributed by atoms with van der Waals surface area (Å²) in [7, 11) is -1.36. The van der Waals surface area contributed by atoms with Crippen molar-refractivity contribution in [3.05, 3.63) is 70.7 Å². The van der Waals surface area contributed by atoms with E-state index < -0.39 is 22.5 Å². The average molecular weight is 587 g/mol. The lowest BCUT2D eigenvalue weighted by atomic mass is 10.2. The second-order valence-electron chi connectivity index (χ2n) is 7.97. The van der Waals surface area contributed by atoms with E-state index in [1.807, 2.05) is 6.92 Å². The van der Waals surface area contributed by atoms with Crippen LogP contribution in [0.15, 0.2) is 80.3 Å². The number of halogens is 1. The van der Waals surface area contributed by atoms with Gasteiger partial charge in [-0.2, -0.15) is 0 Å². The molecule has 0 bridgehead atoms. The molecule has 1 heterocycles. The lowest BCUT2D eigenvalue weighted by Gasteiger charge is -2.25. The Morgan fingerprint density at radius 3 is 2.46 bits per heavy atom. The predicted octanol–water partition coefficient (Wildman–Crippen LogP) is 5.47. The molecule has 0 saturated heterocycles. The van der Waals surface area contributed by atoms with Crippen LogP contribution < -0.4 is 13.8 Å². The number of aromatic amines is 1. The Morgan fingerprint density at radius 1 is 1.05 bits per heavy atom. The number of amides is 1. The Bertz CT molecular complexity index is 1600. The normalized spacial score (nSPS) is 11.7. The van der Waals surface area contributed by atoms with Gasteiger partial charge in [-0.25, -0.2) is 8.42 Å². The number of carbonyl (C=O) groups excluding carboxylic acids is 1. The highest BCUT2D eigenvalue weighted by atomic mass is 79.9. The van der Waals surface area contributed by atoms with Crippen molar-refractivity contribution in [1.82, 2.24) is 4.98 Å². The number of azo groups is 1. The van der Waals surface area contributed by atoms with Crippen molar-refractivity contribution in [2.45, 2.75) is 11.8 Å². The monoisotopic (exact) mass is 586 g/mol. The number of sulfonamides is 1. The van der Waals surface area contributed by atoms with Crippen molar-refractivity contribution in [2.75, 3.05) is 25.1 Å². The third kappa shape index (κ3) is 5.44. The van der Waals surface area contributed by atoms with Gasteiger partial charge in [-0.1, -0.05) is 33.6 Å². The summed E-state index contributed by atoms with van der Waals surface area (Å²) in [6.45, 7) is 1.17. The Kier molecular flexibility index (Phi) is 7.50. The maximum absolute atomic E-state index is 13.7. The number of anilines is 1. The van der Waals surface area contributed by atoms with Crippen molar-refractivity contribution < 1.29 is 27.8 Å². The summed E-state index contributed by atoms with van der Waals surface area (Å²) in [6.07, 6.45) is 0. The first kappa shape index (κ1) is 26.2. The van der Waals surface area contributed by atoms with Crippen molar-refractivity contribution in [2.24, 2.45) is 10.2 Å². The SMILES string of the molecule is COc1ccc(N(CC(=O)N=Nc2c(O)[nH]c3ccc(Br)cc23)S(=O)(=O)c2ccc(C)cc2)c(OC)c1. The Hall–Kier alpha value is -3.90. The zero-order valence-corrected chi connectivity index (χ0v) is 22.5. The van der Waals surface area contributed by atoms with Gasteiger partial charge < -0.3 is 19.6 Å². The summed E-state index contributed by atoms with van der Waals surface area (Å²) in [5.74, 6) is -0.512. The van der Waals surface area contributed by atoms with Gasteiger partial charge in [0.15, 0.2) is 5.69 Å². The molecule has 12 heteroatoms. The Labute approximate surface area is 221 Å². The quantitative estimate of drug-likeness (QED) is 0.263. The van der Waals surface area contributed by atoms with Crippen LogP contribution in [0, 0.1) is 6.92 Å². The van der Waals surface area contributed by atoms with E-state index in [2.05, 4.69) is 31.1 Å². The number of rotatable bonds is 8. The number of hydrogen-bond acceptors (Lipinski definition) is 7. The van der Waals surface area contributed by atoms with Crippen LogP contribution in [-0.2, 0) is 14.8 Å². The molecule has 2 N–H and O–H groups in total. The number of methoxy groups -OCH3 is 2. The van der Waals surface area contributed by atoms with E-state index in [0.717, 1.165) is 14.3 Å². The second kappa shape index (κ2) is 10.6. The first-order valence-corrected chi connectivity index (χ1v) is 13.1. The number of aromatic hydroxyl groups is 1. The molecule has 37 heavy (non-hydrogen) atoms. The van der Waals surface area contributed by atoms with Crippen LogP contribution in [0.4, 0.5) is 11.4 Å². The summed E-state index contributed by atoms with van der Waals surface area (Å²) < 4.78 is 39.6. The highest BCUT2D eigenvalue weighted by molar-refractivity contribution is 9.10. The molecule has 4 aromatic rings. The fourth-order valence-electron chi connectivity index (χ4n) is 3.63. The van der Waals surface area contributed by atoms with Gasteiger partial charge in [0.1, 0.15) is 18.0 Å². The van der Waals surface area contributed by atoms with Crippen LogP contribution in [0.2, 0.25) is 0 Å². The number of hydrogen-bond donors (Lipinski definition) is 2. The molecule has 1 amide bonds. The van der Waals surface area contributed by atoms with Gasteiger partial charge in [0.05, 0.1) is 30.3 Å². The highest BCUT2D eigenvalue weighted by Gasteiger charge is 2.30. The molecule has 0 fully saturated rings. The molecule has 0 saturated carbocycles. The molecule has 0 aliphatic rings. The third-order valence-electron chi connectivity index (χ3n) is 5.52. The van der Waals surface area contributed by atoms with Gasteiger partial charge in [0.2, 0.25) is 5.88 Å². The minimum atomic E-state index is -4.21. The van der Waals surface area contributed by atoms with Gasteiger partial charge in [-0.05, 0) is 49.4 Å². The van der Waals surface area contributed by atoms with E-state index in [9.17, 15) is 18.3 Å². The lowest BCUT2D eigenvalue weighted by Crippen LogP contribution is -2.35. The van der Waals surface area contributed by atoms with Crippen LogP contribution in [0.25, 0.3) is 10.9 Å².